The molecular weight excluding hydrogens is 212 g/mol. The van der Waals surface area contributed by atoms with Gasteiger partial charge in [0.25, 0.3) is 0 Å². The van der Waals surface area contributed by atoms with E-state index in [9.17, 15) is 4.79 Å². The SMILES string of the molecule is CC(=O)c1cnccn1.O=[SH](O)=S. The Hall–Kier alpha value is -0.920. The van der Waals surface area contributed by atoms with Crippen molar-refractivity contribution in [1.29, 1.82) is 0 Å². The molecule has 7 heteroatoms. The Bertz CT molecular complexity index is 329. The summed E-state index contributed by atoms with van der Waals surface area (Å²) in [7, 11) is -2.29. The molecule has 1 heterocycles. The lowest BCUT2D eigenvalue weighted by molar-refractivity contribution is 0.101. The number of rotatable bonds is 1. The van der Waals surface area contributed by atoms with Gasteiger partial charge in [-0.05, 0) is 0 Å². The van der Waals surface area contributed by atoms with Crippen LogP contribution in [0.5, 0.6) is 0 Å². The van der Waals surface area contributed by atoms with Gasteiger partial charge in [-0.25, -0.2) is 9.19 Å². The van der Waals surface area contributed by atoms with Gasteiger partial charge in [0.05, 0.1) is 6.20 Å². The van der Waals surface area contributed by atoms with Gasteiger partial charge in [-0.2, -0.15) is 0 Å². The summed E-state index contributed by atoms with van der Waals surface area (Å²) in [5.74, 6) is -0.0527. The smallest absolute Gasteiger partial charge is 0.179 e. The lowest BCUT2D eigenvalue weighted by Gasteiger charge is -1.87. The second-order valence-corrected chi connectivity index (χ2v) is 3.30. The minimum Gasteiger partial charge on any atom is -0.308 e. The maximum atomic E-state index is 10.5. The van der Waals surface area contributed by atoms with Gasteiger partial charge < -0.3 is 4.55 Å². The number of aromatic nitrogens is 2. The van der Waals surface area contributed by atoms with Crippen molar-refractivity contribution in [2.45, 2.75) is 6.92 Å². The van der Waals surface area contributed by atoms with Crippen LogP contribution >= 0.6 is 0 Å². The van der Waals surface area contributed by atoms with Crippen molar-refractivity contribution in [3.63, 3.8) is 0 Å². The molecule has 13 heavy (non-hydrogen) atoms. The largest absolute Gasteiger partial charge is 0.308 e. The van der Waals surface area contributed by atoms with E-state index in [1.807, 2.05) is 0 Å². The van der Waals surface area contributed by atoms with Gasteiger partial charge >= 0.3 is 0 Å². The molecule has 0 aliphatic heterocycles. The molecule has 0 fully saturated rings. The third-order valence-electron chi connectivity index (χ3n) is 0.924. The summed E-state index contributed by atoms with van der Waals surface area (Å²) in [6, 6.07) is 0. The summed E-state index contributed by atoms with van der Waals surface area (Å²) in [6.07, 6.45) is 4.48. The molecule has 0 radical (unpaired) electrons. The first-order valence-electron chi connectivity index (χ1n) is 3.14. The molecule has 0 bridgehead atoms. The van der Waals surface area contributed by atoms with E-state index in [2.05, 4.69) is 21.2 Å². The Morgan fingerprint density at radius 3 is 2.38 bits per heavy atom. The Labute approximate surface area is 81.8 Å². The molecule has 1 N–H and O–H groups in total. The van der Waals surface area contributed by atoms with Crippen LogP contribution in [0.1, 0.15) is 17.4 Å². The fourth-order valence-electron chi connectivity index (χ4n) is 0.481. The van der Waals surface area contributed by atoms with E-state index < -0.39 is 9.64 Å². The van der Waals surface area contributed by atoms with Gasteiger partial charge in [0.1, 0.15) is 15.3 Å². The zero-order valence-electron chi connectivity index (χ0n) is 6.75. The van der Waals surface area contributed by atoms with Crippen LogP contribution in [0.3, 0.4) is 0 Å². The predicted octanol–water partition coefficient (Wildman–Crippen LogP) is 0.0815. The highest BCUT2D eigenvalue weighted by atomic mass is 32.8. The van der Waals surface area contributed by atoms with Gasteiger partial charge in [0, 0.05) is 30.5 Å². The normalized spacial score (nSPS) is 10.9. The third kappa shape index (κ3) is 7.44. The van der Waals surface area contributed by atoms with E-state index in [0.717, 1.165) is 0 Å². The first kappa shape index (κ1) is 12.1. The number of ketones is 1. The van der Waals surface area contributed by atoms with E-state index in [1.165, 1.54) is 25.5 Å². The van der Waals surface area contributed by atoms with E-state index in [1.54, 1.807) is 0 Å². The summed E-state index contributed by atoms with van der Waals surface area (Å²) in [6.45, 7) is 1.46. The van der Waals surface area contributed by atoms with Gasteiger partial charge in [0.15, 0.2) is 5.78 Å². The van der Waals surface area contributed by atoms with Crippen LogP contribution in [0.15, 0.2) is 18.6 Å². The van der Waals surface area contributed by atoms with E-state index in [4.69, 9.17) is 8.76 Å². The molecule has 1 atom stereocenters. The maximum absolute atomic E-state index is 10.5. The summed E-state index contributed by atoms with van der Waals surface area (Å²) >= 11 is 3.69. The molecule has 1 rings (SSSR count). The number of thiol groups is 1. The van der Waals surface area contributed by atoms with Gasteiger partial charge in [-0.3, -0.25) is 9.78 Å². The topological polar surface area (TPSA) is 80.2 Å². The molecular formula is C6H8N2O3S2. The predicted molar refractivity (Wildman–Crippen MR) is 51.6 cm³/mol. The van der Waals surface area contributed by atoms with Crippen molar-refractivity contribution in [1.82, 2.24) is 9.97 Å². The van der Waals surface area contributed by atoms with Crippen molar-refractivity contribution in [3.8, 4) is 0 Å². The Balaban J connectivity index is 0.000000310. The Kier molecular flexibility index (Phi) is 6.11. The van der Waals surface area contributed by atoms with Gasteiger partial charge in [-0.15, -0.1) is 0 Å². The zero-order chi connectivity index (χ0) is 10.3. The average molecular weight is 220 g/mol. The van der Waals surface area contributed by atoms with Crippen LogP contribution in [0.2, 0.25) is 0 Å². The fraction of sp³-hybridized carbons (Fsp3) is 0.167. The fourth-order valence-corrected chi connectivity index (χ4v) is 0.481. The van der Waals surface area contributed by atoms with Crippen LogP contribution in [-0.4, -0.2) is 24.5 Å². The molecule has 72 valence electrons. The Morgan fingerprint density at radius 2 is 2.15 bits per heavy atom. The molecule has 0 amide bonds. The minimum atomic E-state index is -2.29. The van der Waals surface area contributed by atoms with Crippen molar-refractivity contribution < 1.29 is 13.6 Å². The maximum Gasteiger partial charge on any atom is 0.179 e. The standard InChI is InChI=1S/C6H6N2O.H2O2S2/c1-5(9)6-4-7-2-3-8-6;1-4(2)3/h2-4H,1H3;4H,(H,1,2,3). The third-order valence-corrected chi connectivity index (χ3v) is 0.924. The monoisotopic (exact) mass is 220 g/mol. The first-order valence-corrected chi connectivity index (χ1v) is 5.37. The highest BCUT2D eigenvalue weighted by Gasteiger charge is 1.96. The number of nitrogens with zero attached hydrogens (tertiary/aromatic N) is 2. The van der Waals surface area contributed by atoms with Crippen LogP contribution < -0.4 is 0 Å². The van der Waals surface area contributed by atoms with Crippen molar-refractivity contribution in [2.75, 3.05) is 0 Å². The number of hydrogen-bond donors (Lipinski definition) is 2. The lowest BCUT2D eigenvalue weighted by atomic mass is 10.3. The first-order chi connectivity index (χ1) is 6.04. The number of Topliss-reactive ketones (excluding diaryl/α,β-unsaturated/α-hetero) is 1. The van der Waals surface area contributed by atoms with Crippen LogP contribution in [-0.2, 0) is 20.8 Å². The number of carbonyl (C=O) groups excluding carboxylic acids is 1. The molecule has 0 spiro atoms. The quantitative estimate of drug-likeness (QED) is 0.515. The second-order valence-electron chi connectivity index (χ2n) is 1.88. The summed E-state index contributed by atoms with van der Waals surface area (Å²) in [4.78, 5) is 18.0. The zero-order valence-corrected chi connectivity index (χ0v) is 8.46. The van der Waals surface area contributed by atoms with E-state index in [0.29, 0.717) is 5.69 Å². The lowest BCUT2D eigenvalue weighted by Crippen LogP contribution is -1.95. The minimum absolute atomic E-state index is 0.0527. The summed E-state index contributed by atoms with van der Waals surface area (Å²) < 4.78 is 16.3. The van der Waals surface area contributed by atoms with Crippen molar-refractivity contribution in [3.05, 3.63) is 24.3 Å². The molecule has 1 unspecified atom stereocenters. The Morgan fingerprint density at radius 1 is 1.62 bits per heavy atom. The van der Waals surface area contributed by atoms with E-state index in [-0.39, 0.29) is 5.78 Å². The molecule has 0 saturated carbocycles. The molecule has 0 saturated heterocycles. The highest BCUT2D eigenvalue weighted by Crippen LogP contribution is 1.88. The molecule has 0 aliphatic rings. The molecule has 0 aliphatic carbocycles. The summed E-state index contributed by atoms with van der Waals surface area (Å²) in [5, 5.41) is 0. The highest BCUT2D eigenvalue weighted by molar-refractivity contribution is 8.18. The van der Waals surface area contributed by atoms with Crippen LogP contribution in [0, 0.1) is 0 Å². The second kappa shape index (κ2) is 6.58. The molecule has 5 nitrogen and oxygen atoms in total. The summed E-state index contributed by atoms with van der Waals surface area (Å²) in [5.41, 5.74) is 0.414. The van der Waals surface area contributed by atoms with Crippen LogP contribution in [0.25, 0.3) is 0 Å². The van der Waals surface area contributed by atoms with Crippen molar-refractivity contribution >= 4 is 26.6 Å². The molecule has 1 aromatic heterocycles. The van der Waals surface area contributed by atoms with E-state index >= 15 is 0 Å². The number of carbonyl (C=O) groups is 1. The number of hydrogen-bond acceptors (Lipinski definition) is 5. The van der Waals surface area contributed by atoms with Crippen LogP contribution in [0.4, 0.5) is 0 Å². The average Bonchev–Trinajstić information content (AvgIpc) is 2.05. The van der Waals surface area contributed by atoms with Gasteiger partial charge in [0.2, 0.25) is 0 Å². The molecule has 1 aromatic rings. The van der Waals surface area contributed by atoms with Gasteiger partial charge in [-0.1, -0.05) is 0 Å². The van der Waals surface area contributed by atoms with Crippen molar-refractivity contribution in [2.24, 2.45) is 0 Å². The molecule has 0 aromatic carbocycles.